The molecular formula is C13H9N3O3S. The molecule has 0 aliphatic rings. The van der Waals surface area contributed by atoms with Crippen LogP contribution in [-0.2, 0) is 0 Å². The van der Waals surface area contributed by atoms with E-state index in [-0.39, 0.29) is 5.69 Å². The lowest BCUT2D eigenvalue weighted by atomic mass is 10.1. The van der Waals surface area contributed by atoms with Crippen LogP contribution in [0.25, 0.3) is 11.1 Å². The zero-order valence-corrected chi connectivity index (χ0v) is 10.9. The summed E-state index contributed by atoms with van der Waals surface area (Å²) < 4.78 is 0. The van der Waals surface area contributed by atoms with Gasteiger partial charge in [0.25, 0.3) is 0 Å². The second kappa shape index (κ2) is 5.14. The number of rotatable bonds is 4. The van der Waals surface area contributed by atoms with E-state index in [4.69, 9.17) is 9.94 Å². The first-order valence-corrected chi connectivity index (χ1v) is 6.63. The molecule has 0 amide bonds. The number of aromatic nitrogens is 3. The summed E-state index contributed by atoms with van der Waals surface area (Å²) in [5, 5.41) is 19.8. The van der Waals surface area contributed by atoms with E-state index in [2.05, 4.69) is 15.7 Å². The van der Waals surface area contributed by atoms with E-state index in [0.717, 1.165) is 16.0 Å². The van der Waals surface area contributed by atoms with E-state index in [1.807, 2.05) is 23.6 Å². The van der Waals surface area contributed by atoms with Gasteiger partial charge in [0.1, 0.15) is 6.20 Å². The molecule has 2 aromatic heterocycles. The molecule has 20 heavy (non-hydrogen) atoms. The minimum absolute atomic E-state index is 0.167. The summed E-state index contributed by atoms with van der Waals surface area (Å²) >= 11 is 1.64. The molecule has 6 nitrogen and oxygen atoms in total. The predicted octanol–water partition coefficient (Wildman–Crippen LogP) is 2.55. The third-order valence-corrected chi connectivity index (χ3v) is 3.28. The lowest BCUT2D eigenvalue weighted by Gasteiger charge is -2.04. The largest absolute Gasteiger partial charge is 0.476 e. The minimum atomic E-state index is -1.15. The molecule has 3 aromatic rings. The van der Waals surface area contributed by atoms with Crippen LogP contribution in [0, 0.1) is 0 Å². The fraction of sp³-hybridized carbons (Fsp3) is 0. The van der Waals surface area contributed by atoms with Gasteiger partial charge in [-0.25, -0.2) is 4.79 Å². The van der Waals surface area contributed by atoms with Gasteiger partial charge in [-0.2, -0.15) is 11.3 Å². The lowest BCUT2D eigenvalue weighted by molar-refractivity contribution is 0.0690. The molecule has 0 bridgehead atoms. The Kier molecular flexibility index (Phi) is 3.18. The van der Waals surface area contributed by atoms with Crippen molar-refractivity contribution in [2.24, 2.45) is 0 Å². The highest BCUT2D eigenvalue weighted by molar-refractivity contribution is 7.08. The van der Waals surface area contributed by atoms with E-state index >= 15 is 0 Å². The standard InChI is InChI=1S/C13H9N3O3S/c17-13(18)12-7-16(15-14-12)19-11-3-1-9(2-4-11)10-5-6-20-8-10/h1-8H,(H,17,18). The molecule has 1 aromatic carbocycles. The van der Waals surface area contributed by atoms with Gasteiger partial charge in [-0.15, -0.1) is 5.10 Å². The first-order chi connectivity index (χ1) is 9.72. The second-order valence-corrected chi connectivity index (χ2v) is 4.72. The number of hydrogen-bond acceptors (Lipinski definition) is 5. The van der Waals surface area contributed by atoms with Crippen LogP contribution in [0.2, 0.25) is 0 Å². The number of carboxylic acids is 1. The molecule has 0 radical (unpaired) electrons. The molecule has 0 atom stereocenters. The van der Waals surface area contributed by atoms with Crippen LogP contribution in [0.1, 0.15) is 10.5 Å². The van der Waals surface area contributed by atoms with Gasteiger partial charge in [-0.1, -0.05) is 17.0 Å². The molecule has 0 aliphatic carbocycles. The van der Waals surface area contributed by atoms with E-state index in [0.29, 0.717) is 5.75 Å². The average molecular weight is 287 g/mol. The number of benzene rings is 1. The van der Waals surface area contributed by atoms with Crippen LogP contribution in [-0.4, -0.2) is 26.2 Å². The molecule has 0 spiro atoms. The van der Waals surface area contributed by atoms with Gasteiger partial charge in [0.2, 0.25) is 0 Å². The van der Waals surface area contributed by atoms with Gasteiger partial charge in [-0.3, -0.25) is 0 Å². The van der Waals surface area contributed by atoms with E-state index in [1.165, 1.54) is 6.20 Å². The monoisotopic (exact) mass is 287 g/mol. The summed E-state index contributed by atoms with van der Waals surface area (Å²) in [6.07, 6.45) is 1.20. The van der Waals surface area contributed by atoms with E-state index in [9.17, 15) is 4.79 Å². The van der Waals surface area contributed by atoms with Crippen molar-refractivity contribution in [1.82, 2.24) is 15.2 Å². The first-order valence-electron chi connectivity index (χ1n) is 5.69. The van der Waals surface area contributed by atoms with Gasteiger partial charge in [0.05, 0.1) is 0 Å². The Hall–Kier alpha value is -2.67. The van der Waals surface area contributed by atoms with Crippen LogP contribution in [0.4, 0.5) is 0 Å². The SMILES string of the molecule is O=C(O)c1cn(Oc2ccc(-c3ccsc3)cc2)nn1. The second-order valence-electron chi connectivity index (χ2n) is 3.94. The summed E-state index contributed by atoms with van der Waals surface area (Å²) in [6, 6.07) is 9.46. The van der Waals surface area contributed by atoms with Crippen molar-refractivity contribution in [2.75, 3.05) is 0 Å². The topological polar surface area (TPSA) is 77.2 Å². The first kappa shape index (κ1) is 12.4. The van der Waals surface area contributed by atoms with Crippen molar-refractivity contribution in [3.8, 4) is 16.9 Å². The molecule has 3 rings (SSSR count). The average Bonchev–Trinajstić information content (AvgIpc) is 3.10. The summed E-state index contributed by atoms with van der Waals surface area (Å²) in [4.78, 5) is 17.1. The van der Waals surface area contributed by atoms with Crippen molar-refractivity contribution < 1.29 is 14.7 Å². The number of carboxylic acid groups (broad SMARTS) is 1. The highest BCUT2D eigenvalue weighted by atomic mass is 32.1. The van der Waals surface area contributed by atoms with Crippen molar-refractivity contribution >= 4 is 17.3 Å². The molecular weight excluding hydrogens is 278 g/mol. The Morgan fingerprint density at radius 2 is 2.00 bits per heavy atom. The third kappa shape index (κ3) is 2.52. The Labute approximate surface area is 117 Å². The summed E-state index contributed by atoms with van der Waals surface area (Å²) in [6.45, 7) is 0. The highest BCUT2D eigenvalue weighted by Gasteiger charge is 2.09. The van der Waals surface area contributed by atoms with Crippen LogP contribution in [0.15, 0.2) is 47.3 Å². The molecule has 0 saturated carbocycles. The van der Waals surface area contributed by atoms with Gasteiger partial charge in [0, 0.05) is 0 Å². The van der Waals surface area contributed by atoms with E-state index < -0.39 is 5.97 Å². The lowest BCUT2D eigenvalue weighted by Crippen LogP contribution is -2.05. The quantitative estimate of drug-likeness (QED) is 0.798. The molecule has 100 valence electrons. The Bertz CT molecular complexity index is 720. The Morgan fingerprint density at radius 3 is 2.60 bits per heavy atom. The molecule has 0 aliphatic heterocycles. The maximum Gasteiger partial charge on any atom is 0.358 e. The molecule has 0 fully saturated rings. The normalized spacial score (nSPS) is 10.4. The number of hydrogen-bond donors (Lipinski definition) is 1. The maximum atomic E-state index is 10.7. The fourth-order valence-corrected chi connectivity index (χ4v) is 2.30. The van der Waals surface area contributed by atoms with Crippen molar-refractivity contribution in [2.45, 2.75) is 0 Å². The van der Waals surface area contributed by atoms with Crippen molar-refractivity contribution in [3.05, 3.63) is 53.0 Å². The van der Waals surface area contributed by atoms with Crippen molar-refractivity contribution in [3.63, 3.8) is 0 Å². The molecule has 7 heteroatoms. The number of thiophene rings is 1. The zero-order valence-electron chi connectivity index (χ0n) is 10.1. The molecule has 1 N–H and O–H groups in total. The predicted molar refractivity (Wildman–Crippen MR) is 72.8 cm³/mol. The number of aromatic carboxylic acids is 1. The van der Waals surface area contributed by atoms with Gasteiger partial charge >= 0.3 is 5.97 Å². The van der Waals surface area contributed by atoms with Crippen LogP contribution in [0.3, 0.4) is 0 Å². The summed E-state index contributed by atoms with van der Waals surface area (Å²) in [5.41, 5.74) is 2.07. The zero-order chi connectivity index (χ0) is 13.9. The number of carbonyl (C=O) groups is 1. The molecule has 0 saturated heterocycles. The molecule has 2 heterocycles. The fourth-order valence-electron chi connectivity index (χ4n) is 1.64. The van der Waals surface area contributed by atoms with Crippen LogP contribution < -0.4 is 4.84 Å². The van der Waals surface area contributed by atoms with Gasteiger partial charge < -0.3 is 9.94 Å². The smallest absolute Gasteiger partial charge is 0.358 e. The van der Waals surface area contributed by atoms with Gasteiger partial charge in [0.15, 0.2) is 11.4 Å². The maximum absolute atomic E-state index is 10.7. The van der Waals surface area contributed by atoms with Crippen LogP contribution in [0.5, 0.6) is 5.75 Å². The van der Waals surface area contributed by atoms with E-state index in [1.54, 1.807) is 23.5 Å². The Balaban J connectivity index is 1.76. The minimum Gasteiger partial charge on any atom is -0.476 e. The summed E-state index contributed by atoms with van der Waals surface area (Å²) in [7, 11) is 0. The van der Waals surface area contributed by atoms with Crippen molar-refractivity contribution in [1.29, 1.82) is 0 Å². The highest BCUT2D eigenvalue weighted by Crippen LogP contribution is 2.24. The van der Waals surface area contributed by atoms with Crippen LogP contribution >= 0.6 is 11.3 Å². The number of nitrogens with zero attached hydrogens (tertiary/aromatic N) is 3. The summed E-state index contributed by atoms with van der Waals surface area (Å²) in [5.74, 6) is -0.599. The van der Waals surface area contributed by atoms with Gasteiger partial charge in [-0.05, 0) is 45.3 Å². The molecule has 0 unspecified atom stereocenters. The Morgan fingerprint density at radius 1 is 1.20 bits per heavy atom. The third-order valence-electron chi connectivity index (χ3n) is 2.60.